The number of rotatable bonds is 12. The molecule has 0 aliphatic carbocycles. The molecule has 3 aromatic rings. The smallest absolute Gasteiger partial charge is 0.321 e. The third-order valence-corrected chi connectivity index (χ3v) is 5.44. The first kappa shape index (κ1) is 24.0. The molecule has 0 fully saturated rings. The van der Waals surface area contributed by atoms with Gasteiger partial charge in [0.05, 0.1) is 7.11 Å². The summed E-state index contributed by atoms with van der Waals surface area (Å²) in [5.41, 5.74) is 3.65. The average Bonchev–Trinajstić information content (AvgIpc) is 2.85. The first-order chi connectivity index (χ1) is 16.0. The summed E-state index contributed by atoms with van der Waals surface area (Å²) in [6, 6.07) is 24.0. The first-order valence-electron chi connectivity index (χ1n) is 11.1. The van der Waals surface area contributed by atoms with Crippen LogP contribution in [0.2, 0.25) is 0 Å². The minimum Gasteiger partial charge on any atom is -0.497 e. The highest BCUT2D eigenvalue weighted by Crippen LogP contribution is 2.12. The van der Waals surface area contributed by atoms with Crippen molar-refractivity contribution in [2.75, 3.05) is 13.7 Å². The Morgan fingerprint density at radius 3 is 2.18 bits per heavy atom. The lowest BCUT2D eigenvalue weighted by molar-refractivity contribution is -0.139. The third kappa shape index (κ3) is 7.77. The van der Waals surface area contributed by atoms with Gasteiger partial charge in [0.1, 0.15) is 11.8 Å². The molecule has 33 heavy (non-hydrogen) atoms. The number of benzene rings is 3. The minimum absolute atomic E-state index is 0.123. The quantitative estimate of drug-likeness (QED) is 0.368. The molecule has 1 unspecified atom stereocenters. The maximum absolute atomic E-state index is 12.4. The molecule has 172 valence electrons. The predicted octanol–water partition coefficient (Wildman–Crippen LogP) is 3.84. The van der Waals surface area contributed by atoms with Crippen LogP contribution in [0.4, 0.5) is 0 Å². The van der Waals surface area contributed by atoms with Crippen molar-refractivity contribution in [1.82, 2.24) is 10.6 Å². The van der Waals surface area contributed by atoms with Crippen LogP contribution in [0.1, 0.15) is 33.5 Å². The molecular formula is C27H30N2O4. The molecule has 0 radical (unpaired) electrons. The summed E-state index contributed by atoms with van der Waals surface area (Å²) in [5, 5.41) is 15.6. The molecule has 0 aliphatic rings. The van der Waals surface area contributed by atoms with Crippen LogP contribution in [0.3, 0.4) is 0 Å². The van der Waals surface area contributed by atoms with Crippen LogP contribution in [0.15, 0.2) is 78.9 Å². The second-order valence-electron chi connectivity index (χ2n) is 7.87. The number of aryl methyl sites for hydroxylation is 1. The zero-order valence-corrected chi connectivity index (χ0v) is 18.8. The average molecular weight is 447 g/mol. The van der Waals surface area contributed by atoms with E-state index in [1.807, 2.05) is 54.6 Å². The molecule has 3 rings (SSSR count). The molecule has 0 aliphatic heterocycles. The first-order valence-corrected chi connectivity index (χ1v) is 11.1. The van der Waals surface area contributed by atoms with E-state index < -0.39 is 12.0 Å². The van der Waals surface area contributed by atoms with E-state index in [4.69, 9.17) is 4.74 Å². The fourth-order valence-corrected chi connectivity index (χ4v) is 3.50. The number of methoxy groups -OCH3 is 1. The molecule has 1 amide bonds. The summed E-state index contributed by atoms with van der Waals surface area (Å²) in [6.07, 6.45) is 2.11. The van der Waals surface area contributed by atoms with Gasteiger partial charge < -0.3 is 20.5 Å². The van der Waals surface area contributed by atoms with Gasteiger partial charge in [0.2, 0.25) is 0 Å². The predicted molar refractivity (Wildman–Crippen MR) is 128 cm³/mol. The van der Waals surface area contributed by atoms with E-state index in [1.54, 1.807) is 19.2 Å². The van der Waals surface area contributed by atoms with E-state index in [2.05, 4.69) is 22.8 Å². The second-order valence-corrected chi connectivity index (χ2v) is 7.87. The number of ether oxygens (including phenoxy) is 1. The van der Waals surface area contributed by atoms with E-state index in [9.17, 15) is 14.7 Å². The number of carboxylic acids is 1. The molecule has 0 heterocycles. The van der Waals surface area contributed by atoms with E-state index in [-0.39, 0.29) is 5.91 Å². The maximum atomic E-state index is 12.4. The van der Waals surface area contributed by atoms with Gasteiger partial charge in [-0.15, -0.1) is 0 Å². The van der Waals surface area contributed by atoms with Gasteiger partial charge in [-0.05, 0) is 60.2 Å². The number of amides is 1. The topological polar surface area (TPSA) is 87.7 Å². The lowest BCUT2D eigenvalue weighted by atomic mass is 10.0. The summed E-state index contributed by atoms with van der Waals surface area (Å²) in [4.78, 5) is 24.1. The Morgan fingerprint density at radius 2 is 1.55 bits per heavy atom. The number of carbonyl (C=O) groups excluding carboxylic acids is 1. The summed E-state index contributed by atoms with van der Waals surface area (Å²) >= 11 is 0. The van der Waals surface area contributed by atoms with Crippen LogP contribution in [0.25, 0.3) is 0 Å². The molecule has 6 nitrogen and oxygen atoms in total. The van der Waals surface area contributed by atoms with Crippen LogP contribution in [0.5, 0.6) is 5.75 Å². The van der Waals surface area contributed by atoms with Crippen LogP contribution in [0, 0.1) is 0 Å². The number of hydrogen-bond acceptors (Lipinski definition) is 4. The Hall–Kier alpha value is -3.64. The fourth-order valence-electron chi connectivity index (χ4n) is 3.50. The van der Waals surface area contributed by atoms with Crippen LogP contribution >= 0.6 is 0 Å². The molecule has 1 atom stereocenters. The van der Waals surface area contributed by atoms with Gasteiger partial charge in [0.15, 0.2) is 0 Å². The lowest BCUT2D eigenvalue weighted by Crippen LogP contribution is -2.38. The highest BCUT2D eigenvalue weighted by Gasteiger charge is 2.17. The van der Waals surface area contributed by atoms with Gasteiger partial charge in [0.25, 0.3) is 5.91 Å². The van der Waals surface area contributed by atoms with Crippen molar-refractivity contribution >= 4 is 11.9 Å². The summed E-state index contributed by atoms with van der Waals surface area (Å²) in [6.45, 7) is 1.04. The highest BCUT2D eigenvalue weighted by atomic mass is 16.5. The third-order valence-electron chi connectivity index (χ3n) is 5.44. The molecular weight excluding hydrogens is 416 g/mol. The van der Waals surface area contributed by atoms with Crippen LogP contribution in [-0.4, -0.2) is 36.7 Å². The number of nitrogens with one attached hydrogen (secondary N) is 2. The Bertz CT molecular complexity index is 1020. The van der Waals surface area contributed by atoms with Crippen molar-refractivity contribution in [3.8, 4) is 5.75 Å². The molecule has 0 saturated carbocycles. The molecule has 0 aromatic heterocycles. The maximum Gasteiger partial charge on any atom is 0.321 e. The van der Waals surface area contributed by atoms with Crippen molar-refractivity contribution in [2.24, 2.45) is 0 Å². The minimum atomic E-state index is -0.913. The van der Waals surface area contributed by atoms with Crippen molar-refractivity contribution in [1.29, 1.82) is 0 Å². The molecule has 3 N–H and O–H groups in total. The highest BCUT2D eigenvalue weighted by molar-refractivity contribution is 5.94. The van der Waals surface area contributed by atoms with Gasteiger partial charge >= 0.3 is 5.97 Å². The van der Waals surface area contributed by atoms with Gasteiger partial charge in [-0.2, -0.15) is 0 Å². The summed E-state index contributed by atoms with van der Waals surface area (Å²) < 4.78 is 5.14. The standard InChI is InChI=1S/C27H30N2O4/c1-33-24-15-11-22(12-16-24)19-29-25(27(31)32)18-21-9-13-23(14-10-21)26(30)28-17-5-8-20-6-3-2-4-7-20/h2-4,6-7,9-16,25,29H,5,8,17-19H2,1H3,(H,28,30)(H,31,32). The monoisotopic (exact) mass is 446 g/mol. The number of aliphatic carboxylic acids is 1. The zero-order valence-electron chi connectivity index (χ0n) is 18.8. The van der Waals surface area contributed by atoms with Crippen LogP contribution < -0.4 is 15.4 Å². The molecule has 6 heteroatoms. The van der Waals surface area contributed by atoms with Crippen molar-refractivity contribution in [3.05, 3.63) is 101 Å². The van der Waals surface area contributed by atoms with E-state index in [0.29, 0.717) is 25.1 Å². The van der Waals surface area contributed by atoms with Crippen molar-refractivity contribution < 1.29 is 19.4 Å². The number of hydrogen-bond donors (Lipinski definition) is 3. The van der Waals surface area contributed by atoms with E-state index in [0.717, 1.165) is 29.7 Å². The second kappa shape index (κ2) is 12.4. The van der Waals surface area contributed by atoms with E-state index in [1.165, 1.54) is 5.56 Å². The Kier molecular flexibility index (Phi) is 9.03. The summed E-state index contributed by atoms with van der Waals surface area (Å²) in [5.74, 6) is -0.278. The largest absolute Gasteiger partial charge is 0.497 e. The van der Waals surface area contributed by atoms with E-state index >= 15 is 0 Å². The van der Waals surface area contributed by atoms with Gasteiger partial charge in [0, 0.05) is 18.7 Å². The molecule has 0 spiro atoms. The van der Waals surface area contributed by atoms with Gasteiger partial charge in [-0.3, -0.25) is 9.59 Å². The molecule has 0 bridgehead atoms. The fraction of sp³-hybridized carbons (Fsp3) is 0.259. The summed E-state index contributed by atoms with van der Waals surface area (Å²) in [7, 11) is 1.61. The Morgan fingerprint density at radius 1 is 0.879 bits per heavy atom. The number of carboxylic acid groups (broad SMARTS) is 1. The van der Waals surface area contributed by atoms with Crippen molar-refractivity contribution in [3.63, 3.8) is 0 Å². The Balaban J connectivity index is 1.46. The lowest BCUT2D eigenvalue weighted by Gasteiger charge is -2.15. The Labute approximate surface area is 194 Å². The SMILES string of the molecule is COc1ccc(CNC(Cc2ccc(C(=O)NCCCc3ccccc3)cc2)C(=O)O)cc1. The van der Waals surface area contributed by atoms with Gasteiger partial charge in [-0.1, -0.05) is 54.6 Å². The number of carbonyl (C=O) groups is 2. The van der Waals surface area contributed by atoms with Crippen molar-refractivity contribution in [2.45, 2.75) is 31.8 Å². The van der Waals surface area contributed by atoms with Crippen LogP contribution in [-0.2, 0) is 24.2 Å². The zero-order chi connectivity index (χ0) is 23.5. The van der Waals surface area contributed by atoms with Gasteiger partial charge in [-0.25, -0.2) is 0 Å². The molecule has 0 saturated heterocycles. The normalized spacial score (nSPS) is 11.5. The molecule has 3 aromatic carbocycles.